The number of fused-ring (bicyclic) bond motifs is 1. The van der Waals surface area contributed by atoms with E-state index in [0.29, 0.717) is 0 Å². The van der Waals surface area contributed by atoms with Crippen LogP contribution < -0.4 is 4.74 Å². The van der Waals surface area contributed by atoms with Crippen molar-refractivity contribution in [2.24, 2.45) is 11.8 Å². The van der Waals surface area contributed by atoms with Gasteiger partial charge in [-0.3, -0.25) is 4.90 Å². The molecule has 1 aliphatic rings. The molecule has 1 saturated heterocycles. The van der Waals surface area contributed by atoms with Crippen molar-refractivity contribution in [1.82, 2.24) is 4.90 Å². The highest BCUT2D eigenvalue weighted by Gasteiger charge is 2.21. The summed E-state index contributed by atoms with van der Waals surface area (Å²) in [6.07, 6.45) is 1.36. The van der Waals surface area contributed by atoms with Gasteiger partial charge in [-0.1, -0.05) is 50.2 Å². The Kier molecular flexibility index (Phi) is 4.45. The van der Waals surface area contributed by atoms with Crippen LogP contribution in [0.25, 0.3) is 10.8 Å². The largest absolute Gasteiger partial charge is 0.492 e. The van der Waals surface area contributed by atoms with Gasteiger partial charge >= 0.3 is 0 Å². The highest BCUT2D eigenvalue weighted by atomic mass is 16.5. The van der Waals surface area contributed by atoms with Crippen LogP contribution in [0.15, 0.2) is 42.5 Å². The number of ether oxygens (including phenoxy) is 1. The number of rotatable bonds is 4. The fourth-order valence-corrected chi connectivity index (χ4v) is 3.58. The first-order valence-electron chi connectivity index (χ1n) is 8.05. The maximum Gasteiger partial charge on any atom is 0.127 e. The van der Waals surface area contributed by atoms with Crippen LogP contribution in [0.1, 0.15) is 20.3 Å². The lowest BCUT2D eigenvalue weighted by Gasteiger charge is -2.34. The third-order valence-electron chi connectivity index (χ3n) is 4.36. The molecule has 3 rings (SSSR count). The molecule has 1 heterocycles. The fourth-order valence-electron chi connectivity index (χ4n) is 3.58. The van der Waals surface area contributed by atoms with Crippen molar-refractivity contribution in [1.29, 1.82) is 0 Å². The predicted octanol–water partition coefficient (Wildman–Crippen LogP) is 4.20. The van der Waals surface area contributed by atoms with E-state index in [9.17, 15) is 0 Å². The summed E-state index contributed by atoms with van der Waals surface area (Å²) in [4.78, 5) is 2.55. The summed E-state index contributed by atoms with van der Waals surface area (Å²) in [7, 11) is 0. The Labute approximate surface area is 127 Å². The number of hydrogen-bond acceptors (Lipinski definition) is 2. The average Bonchev–Trinajstić information content (AvgIpc) is 2.46. The molecule has 0 aromatic heterocycles. The molecule has 1 aliphatic heterocycles. The van der Waals surface area contributed by atoms with Gasteiger partial charge in [-0.15, -0.1) is 0 Å². The van der Waals surface area contributed by atoms with Crippen LogP contribution in [0.5, 0.6) is 5.75 Å². The van der Waals surface area contributed by atoms with E-state index >= 15 is 0 Å². The van der Waals surface area contributed by atoms with E-state index in [-0.39, 0.29) is 0 Å². The first kappa shape index (κ1) is 14.4. The van der Waals surface area contributed by atoms with Gasteiger partial charge < -0.3 is 4.74 Å². The second-order valence-electron chi connectivity index (χ2n) is 6.53. The molecule has 2 atom stereocenters. The molecule has 21 heavy (non-hydrogen) atoms. The van der Waals surface area contributed by atoms with Gasteiger partial charge in [0, 0.05) is 25.0 Å². The Morgan fingerprint density at radius 1 is 1.00 bits per heavy atom. The van der Waals surface area contributed by atoms with Crippen molar-refractivity contribution in [2.75, 3.05) is 26.2 Å². The highest BCUT2D eigenvalue weighted by molar-refractivity contribution is 5.88. The van der Waals surface area contributed by atoms with Gasteiger partial charge in [-0.2, -0.15) is 0 Å². The van der Waals surface area contributed by atoms with E-state index < -0.39 is 0 Å². The van der Waals surface area contributed by atoms with Gasteiger partial charge in [0.05, 0.1) is 0 Å². The summed E-state index contributed by atoms with van der Waals surface area (Å²) in [6.45, 7) is 8.93. The van der Waals surface area contributed by atoms with E-state index in [1.807, 2.05) is 0 Å². The number of benzene rings is 2. The molecule has 2 nitrogen and oxygen atoms in total. The third kappa shape index (κ3) is 3.56. The van der Waals surface area contributed by atoms with Gasteiger partial charge in [0.1, 0.15) is 12.4 Å². The second kappa shape index (κ2) is 6.48. The van der Waals surface area contributed by atoms with Crippen LogP contribution in [0.4, 0.5) is 0 Å². The highest BCUT2D eigenvalue weighted by Crippen LogP contribution is 2.25. The number of likely N-dealkylation sites (tertiary alicyclic amines) is 1. The quantitative estimate of drug-likeness (QED) is 0.834. The minimum atomic E-state index is 0.771. The molecule has 2 heteroatoms. The van der Waals surface area contributed by atoms with Crippen LogP contribution in [-0.4, -0.2) is 31.1 Å². The second-order valence-corrected chi connectivity index (χ2v) is 6.53. The maximum atomic E-state index is 6.05. The zero-order valence-corrected chi connectivity index (χ0v) is 13.1. The molecule has 0 unspecified atom stereocenters. The molecule has 0 N–H and O–H groups in total. The van der Waals surface area contributed by atoms with Gasteiger partial charge in [-0.05, 0) is 29.7 Å². The normalized spacial score (nSPS) is 23.3. The van der Waals surface area contributed by atoms with Crippen LogP contribution in [-0.2, 0) is 0 Å². The van der Waals surface area contributed by atoms with Gasteiger partial charge in [0.25, 0.3) is 0 Å². The van der Waals surface area contributed by atoms with Gasteiger partial charge in [-0.25, -0.2) is 0 Å². The van der Waals surface area contributed by atoms with Crippen LogP contribution in [0.3, 0.4) is 0 Å². The molecule has 112 valence electrons. The van der Waals surface area contributed by atoms with Gasteiger partial charge in [0.15, 0.2) is 0 Å². The predicted molar refractivity (Wildman–Crippen MR) is 88.8 cm³/mol. The SMILES string of the molecule is C[C@H]1C[C@H](C)CN(CCOc2cccc3ccccc23)C1. The smallest absolute Gasteiger partial charge is 0.127 e. The lowest BCUT2D eigenvalue weighted by molar-refractivity contribution is 0.121. The Bertz CT molecular complexity index is 580. The van der Waals surface area contributed by atoms with Gasteiger partial charge in [0.2, 0.25) is 0 Å². The molecular weight excluding hydrogens is 258 g/mol. The van der Waals surface area contributed by atoms with E-state index in [2.05, 4.69) is 61.2 Å². The summed E-state index contributed by atoms with van der Waals surface area (Å²) in [5.41, 5.74) is 0. The van der Waals surface area contributed by atoms with Crippen molar-refractivity contribution in [3.05, 3.63) is 42.5 Å². The molecule has 2 aromatic carbocycles. The Morgan fingerprint density at radius 2 is 1.71 bits per heavy atom. The van der Waals surface area contributed by atoms with Crippen LogP contribution >= 0.6 is 0 Å². The molecule has 0 bridgehead atoms. The first-order valence-corrected chi connectivity index (χ1v) is 8.05. The third-order valence-corrected chi connectivity index (χ3v) is 4.36. The zero-order chi connectivity index (χ0) is 14.7. The molecule has 0 spiro atoms. The monoisotopic (exact) mass is 283 g/mol. The molecule has 0 saturated carbocycles. The van der Waals surface area contributed by atoms with Crippen LogP contribution in [0.2, 0.25) is 0 Å². The molecule has 0 radical (unpaired) electrons. The number of hydrogen-bond donors (Lipinski definition) is 0. The molecule has 1 fully saturated rings. The van der Waals surface area contributed by atoms with E-state index in [1.54, 1.807) is 0 Å². The lowest BCUT2D eigenvalue weighted by Crippen LogP contribution is -2.40. The average molecular weight is 283 g/mol. The Balaban J connectivity index is 1.59. The zero-order valence-electron chi connectivity index (χ0n) is 13.1. The fraction of sp³-hybridized carbons (Fsp3) is 0.474. The number of nitrogens with zero attached hydrogens (tertiary/aromatic N) is 1. The summed E-state index contributed by atoms with van der Waals surface area (Å²) in [6, 6.07) is 14.7. The van der Waals surface area contributed by atoms with Crippen molar-refractivity contribution >= 4 is 10.8 Å². The Hall–Kier alpha value is -1.54. The summed E-state index contributed by atoms with van der Waals surface area (Å²) >= 11 is 0. The van der Waals surface area contributed by atoms with E-state index in [4.69, 9.17) is 4.74 Å². The van der Waals surface area contributed by atoms with Crippen LogP contribution in [0, 0.1) is 11.8 Å². The minimum Gasteiger partial charge on any atom is -0.492 e. The van der Waals surface area contributed by atoms with E-state index in [0.717, 1.165) is 30.7 Å². The summed E-state index contributed by atoms with van der Waals surface area (Å²) in [5.74, 6) is 2.63. The minimum absolute atomic E-state index is 0.771. The molecule has 0 aliphatic carbocycles. The summed E-state index contributed by atoms with van der Waals surface area (Å²) < 4.78 is 6.05. The first-order chi connectivity index (χ1) is 10.2. The standard InChI is InChI=1S/C19H25NO/c1-15-12-16(2)14-20(13-15)10-11-21-19-9-5-7-17-6-3-4-8-18(17)19/h3-9,15-16H,10-14H2,1-2H3/t15-,16-/m0/s1. The van der Waals surface area contributed by atoms with E-state index in [1.165, 1.54) is 30.3 Å². The Morgan fingerprint density at radius 3 is 2.52 bits per heavy atom. The topological polar surface area (TPSA) is 12.5 Å². The van der Waals surface area contributed by atoms with Crippen molar-refractivity contribution in [2.45, 2.75) is 20.3 Å². The molecule has 0 amide bonds. The number of piperidine rings is 1. The molecule has 2 aromatic rings. The van der Waals surface area contributed by atoms with Crippen molar-refractivity contribution in [3.63, 3.8) is 0 Å². The summed E-state index contributed by atoms with van der Waals surface area (Å²) in [5, 5.41) is 2.45. The maximum absolute atomic E-state index is 6.05. The van der Waals surface area contributed by atoms with Crippen molar-refractivity contribution < 1.29 is 4.74 Å². The lowest BCUT2D eigenvalue weighted by atomic mass is 9.92. The van der Waals surface area contributed by atoms with Crippen molar-refractivity contribution in [3.8, 4) is 5.75 Å². The molecular formula is C19H25NO.